The van der Waals surface area contributed by atoms with Gasteiger partial charge in [-0.05, 0) is 68.4 Å². The molecule has 0 aliphatic carbocycles. The smallest absolute Gasteiger partial charge is 0.258 e. The molecule has 216 valence electrons. The van der Waals surface area contributed by atoms with Crippen molar-refractivity contribution in [3.8, 4) is 11.6 Å². The minimum absolute atomic E-state index is 0.144. The third kappa shape index (κ3) is 4.98. The maximum Gasteiger partial charge on any atom is 0.258 e. The molecule has 41 heavy (non-hydrogen) atoms. The number of nitrogens with zero attached hydrogens (tertiary/aromatic N) is 6. The number of benzene rings is 2. The molecule has 0 saturated carbocycles. The Hall–Kier alpha value is -3.79. The lowest BCUT2D eigenvalue weighted by atomic mass is 9.96. The first-order valence-corrected chi connectivity index (χ1v) is 16.3. The molecule has 0 unspecified atom stereocenters. The van der Waals surface area contributed by atoms with E-state index < -0.39 is 8.32 Å². The Morgan fingerprint density at radius 3 is 2.17 bits per heavy atom. The second kappa shape index (κ2) is 10.9. The van der Waals surface area contributed by atoms with Crippen LogP contribution in [0.2, 0.25) is 16.6 Å². The third-order valence-electron chi connectivity index (χ3n) is 8.54. The molecule has 0 spiro atoms. The molecule has 0 saturated heterocycles. The van der Waals surface area contributed by atoms with Crippen LogP contribution in [-0.4, -0.2) is 43.2 Å². The molecule has 0 amide bonds. The number of pyridine rings is 1. The van der Waals surface area contributed by atoms with Gasteiger partial charge in [0.2, 0.25) is 5.88 Å². The van der Waals surface area contributed by atoms with Crippen LogP contribution < -0.4 is 4.43 Å². The fourth-order valence-electron chi connectivity index (χ4n) is 6.56. The summed E-state index contributed by atoms with van der Waals surface area (Å²) in [6, 6.07) is 8.70. The van der Waals surface area contributed by atoms with Gasteiger partial charge >= 0.3 is 0 Å². The predicted octanol–water partition coefficient (Wildman–Crippen LogP) is 6.83. The van der Waals surface area contributed by atoms with Crippen molar-refractivity contribution in [2.24, 2.45) is 14.1 Å². The molecule has 0 aliphatic heterocycles. The van der Waals surface area contributed by atoms with Gasteiger partial charge in [-0.3, -0.25) is 4.98 Å². The number of hydrogen-bond acceptors (Lipinski definition) is 6. The Morgan fingerprint density at radius 1 is 0.927 bits per heavy atom. The molecule has 2 aromatic carbocycles. The van der Waals surface area contributed by atoms with E-state index >= 15 is 0 Å². The zero-order chi connectivity index (χ0) is 29.6. The van der Waals surface area contributed by atoms with Gasteiger partial charge in [-0.2, -0.15) is 0 Å². The van der Waals surface area contributed by atoms with E-state index in [0.717, 1.165) is 27.5 Å². The Labute approximate surface area is 241 Å². The van der Waals surface area contributed by atoms with Crippen molar-refractivity contribution in [1.82, 2.24) is 29.8 Å². The van der Waals surface area contributed by atoms with E-state index in [1.807, 2.05) is 26.5 Å². The molecular formula is C31H39FN6O2Si. The largest absolute Gasteiger partial charge is 0.541 e. The van der Waals surface area contributed by atoms with Crippen LogP contribution in [0.5, 0.6) is 11.6 Å². The van der Waals surface area contributed by atoms with Crippen LogP contribution in [0.4, 0.5) is 4.39 Å². The maximum atomic E-state index is 13.6. The van der Waals surface area contributed by atoms with Gasteiger partial charge in [0, 0.05) is 43.7 Å². The van der Waals surface area contributed by atoms with E-state index in [9.17, 15) is 9.50 Å². The SMILES string of the molecule is CC(C)[Si](Oc1c2ncc(Cc3ccc(F)cc3)cc2c(Cc2nnnn2C)c2cn(C)c(O)c12)(C(C)C)C(C)C. The lowest BCUT2D eigenvalue weighted by molar-refractivity contribution is 0.434. The average molecular weight is 575 g/mol. The average Bonchev–Trinajstić information content (AvgIpc) is 3.46. The summed E-state index contributed by atoms with van der Waals surface area (Å²) in [4.78, 5) is 5.01. The second-order valence-corrected chi connectivity index (χ2v) is 17.4. The fraction of sp³-hybridized carbons (Fsp3) is 0.419. The van der Waals surface area contributed by atoms with Gasteiger partial charge in [-0.15, -0.1) is 5.10 Å². The molecule has 10 heteroatoms. The van der Waals surface area contributed by atoms with Crippen LogP contribution in [0.1, 0.15) is 64.1 Å². The van der Waals surface area contributed by atoms with Crippen molar-refractivity contribution in [3.05, 3.63) is 71.1 Å². The maximum absolute atomic E-state index is 13.6. The van der Waals surface area contributed by atoms with Gasteiger partial charge < -0.3 is 14.1 Å². The monoisotopic (exact) mass is 574 g/mol. The van der Waals surface area contributed by atoms with E-state index in [-0.39, 0.29) is 11.7 Å². The summed E-state index contributed by atoms with van der Waals surface area (Å²) in [6.07, 6.45) is 4.86. The van der Waals surface area contributed by atoms with E-state index in [2.05, 4.69) is 63.1 Å². The summed E-state index contributed by atoms with van der Waals surface area (Å²) in [5.74, 6) is 1.23. The molecule has 0 bridgehead atoms. The number of rotatable bonds is 9. The number of aromatic nitrogens is 6. The quantitative estimate of drug-likeness (QED) is 0.194. The van der Waals surface area contributed by atoms with Crippen LogP contribution >= 0.6 is 0 Å². The zero-order valence-corrected chi connectivity index (χ0v) is 26.1. The number of fused-ring (bicyclic) bond motifs is 2. The third-order valence-corrected chi connectivity index (χ3v) is 14.5. The summed E-state index contributed by atoms with van der Waals surface area (Å²) in [5, 5.41) is 26.0. The summed E-state index contributed by atoms with van der Waals surface area (Å²) in [5.41, 5.74) is 4.67. The van der Waals surface area contributed by atoms with Crippen molar-refractivity contribution in [3.63, 3.8) is 0 Å². The van der Waals surface area contributed by atoms with Gasteiger partial charge in [0.15, 0.2) is 5.82 Å². The standard InChI is InChI=1S/C31H39FN6O2Si/c1-18(2)41(19(3)4,20(5)6)40-30-28-26(17-37(7)31(28)39)24(15-27-34-35-36-38(27)8)25-14-22(16-33-29(25)30)13-21-9-11-23(32)12-10-21/h9-12,14,16-20,39H,13,15H2,1-8H3. The first-order chi connectivity index (χ1) is 19.4. The second-order valence-electron chi connectivity index (χ2n) is 12.0. The molecule has 3 heterocycles. The normalized spacial score (nSPS) is 12.5. The number of halogens is 1. The molecule has 1 N–H and O–H groups in total. The van der Waals surface area contributed by atoms with Crippen molar-refractivity contribution in [1.29, 1.82) is 0 Å². The van der Waals surface area contributed by atoms with Crippen molar-refractivity contribution in [2.45, 2.75) is 71.0 Å². The first kappa shape index (κ1) is 28.7. The summed E-state index contributed by atoms with van der Waals surface area (Å²) >= 11 is 0. The number of hydrogen-bond donors (Lipinski definition) is 1. The first-order valence-electron chi connectivity index (χ1n) is 14.2. The highest BCUT2D eigenvalue weighted by molar-refractivity contribution is 6.78. The molecule has 3 aromatic heterocycles. The van der Waals surface area contributed by atoms with E-state index in [0.29, 0.717) is 51.9 Å². The van der Waals surface area contributed by atoms with Gasteiger partial charge in [0.1, 0.15) is 17.1 Å². The molecule has 0 radical (unpaired) electrons. The lowest BCUT2D eigenvalue weighted by Gasteiger charge is -2.42. The Bertz CT molecular complexity index is 1690. The zero-order valence-electron chi connectivity index (χ0n) is 25.1. The van der Waals surface area contributed by atoms with Crippen LogP contribution in [0.25, 0.3) is 21.7 Å². The minimum atomic E-state index is -2.42. The van der Waals surface area contributed by atoms with Crippen LogP contribution in [0.15, 0.2) is 42.7 Å². The number of aromatic hydroxyl groups is 1. The highest BCUT2D eigenvalue weighted by atomic mass is 28.4. The number of aryl methyl sites for hydroxylation is 2. The van der Waals surface area contributed by atoms with Gasteiger partial charge in [0.25, 0.3) is 8.32 Å². The predicted molar refractivity (Wildman–Crippen MR) is 162 cm³/mol. The Morgan fingerprint density at radius 2 is 1.59 bits per heavy atom. The fourth-order valence-corrected chi connectivity index (χ4v) is 11.8. The van der Waals surface area contributed by atoms with Gasteiger partial charge in [-0.1, -0.05) is 53.7 Å². The molecule has 0 fully saturated rings. The molecule has 0 aliphatic rings. The van der Waals surface area contributed by atoms with E-state index in [1.54, 1.807) is 21.4 Å². The van der Waals surface area contributed by atoms with Crippen molar-refractivity contribution >= 4 is 30.0 Å². The van der Waals surface area contributed by atoms with E-state index in [4.69, 9.17) is 9.41 Å². The molecule has 8 nitrogen and oxygen atoms in total. The molecular weight excluding hydrogens is 535 g/mol. The summed E-state index contributed by atoms with van der Waals surface area (Å²) < 4.78 is 24.3. The lowest BCUT2D eigenvalue weighted by Crippen LogP contribution is -2.50. The molecule has 0 atom stereocenters. The van der Waals surface area contributed by atoms with Crippen LogP contribution in [0.3, 0.4) is 0 Å². The van der Waals surface area contributed by atoms with E-state index in [1.165, 1.54) is 12.1 Å². The topological polar surface area (TPSA) is 90.9 Å². The van der Waals surface area contributed by atoms with Crippen LogP contribution in [-0.2, 0) is 26.9 Å². The Kier molecular flexibility index (Phi) is 7.63. The summed E-state index contributed by atoms with van der Waals surface area (Å²) in [6.45, 7) is 13.5. The van der Waals surface area contributed by atoms with Crippen LogP contribution in [0, 0.1) is 5.82 Å². The minimum Gasteiger partial charge on any atom is -0.541 e. The van der Waals surface area contributed by atoms with Crippen molar-refractivity contribution in [2.75, 3.05) is 0 Å². The van der Waals surface area contributed by atoms with Crippen molar-refractivity contribution < 1.29 is 13.9 Å². The molecule has 5 aromatic rings. The molecule has 5 rings (SSSR count). The highest BCUT2D eigenvalue weighted by Gasteiger charge is 2.48. The number of tetrazole rings is 1. The Balaban J connectivity index is 1.82. The van der Waals surface area contributed by atoms with Gasteiger partial charge in [-0.25, -0.2) is 9.07 Å². The highest BCUT2D eigenvalue weighted by Crippen LogP contribution is 2.49. The van der Waals surface area contributed by atoms with Gasteiger partial charge in [0.05, 0.1) is 5.39 Å². The summed E-state index contributed by atoms with van der Waals surface area (Å²) in [7, 11) is 1.24.